The number of nitrogens with two attached hydrogens (primary N) is 1. The summed E-state index contributed by atoms with van der Waals surface area (Å²) in [4.78, 5) is 38.3. The summed E-state index contributed by atoms with van der Waals surface area (Å²) in [5.74, 6) is -1.12. The minimum atomic E-state index is -0.707. The highest BCUT2D eigenvalue weighted by molar-refractivity contribution is 6.10. The second-order valence-electron chi connectivity index (χ2n) is 8.28. The van der Waals surface area contributed by atoms with Gasteiger partial charge in [0.05, 0.1) is 18.5 Å². The van der Waals surface area contributed by atoms with Gasteiger partial charge in [-0.05, 0) is 22.1 Å². The number of β-lactam (4-membered cyclic amide) rings is 1. The van der Waals surface area contributed by atoms with Crippen LogP contribution in [0.15, 0.2) is 48.5 Å². The van der Waals surface area contributed by atoms with Crippen LogP contribution in [0, 0.1) is 0 Å². The summed E-state index contributed by atoms with van der Waals surface area (Å²) >= 11 is 0. The number of esters is 1. The Hall–Kier alpha value is -3.15. The highest BCUT2D eigenvalue weighted by Crippen LogP contribution is 2.40. The van der Waals surface area contributed by atoms with Crippen LogP contribution in [0.25, 0.3) is 0 Å². The molecule has 3 rings (SSSR count). The number of primary amides is 1. The molecule has 6 heteroatoms. The fraction of sp³-hybridized carbons (Fsp3) is 0.348. The van der Waals surface area contributed by atoms with E-state index in [1.54, 1.807) is 6.07 Å². The third-order valence-electron chi connectivity index (χ3n) is 4.98. The average molecular weight is 394 g/mol. The van der Waals surface area contributed by atoms with Gasteiger partial charge in [0.25, 0.3) is 0 Å². The Morgan fingerprint density at radius 3 is 2.38 bits per heavy atom. The van der Waals surface area contributed by atoms with Crippen LogP contribution in [-0.4, -0.2) is 23.8 Å². The van der Waals surface area contributed by atoms with Crippen molar-refractivity contribution < 1.29 is 19.1 Å². The van der Waals surface area contributed by atoms with Crippen LogP contribution in [-0.2, 0) is 37.6 Å². The first-order chi connectivity index (χ1) is 13.7. The van der Waals surface area contributed by atoms with E-state index in [1.807, 2.05) is 63.2 Å². The van der Waals surface area contributed by atoms with Crippen molar-refractivity contribution in [1.82, 2.24) is 0 Å². The van der Waals surface area contributed by atoms with Crippen LogP contribution in [0.1, 0.15) is 43.9 Å². The lowest BCUT2D eigenvalue weighted by Crippen LogP contribution is -2.58. The van der Waals surface area contributed by atoms with E-state index in [4.69, 9.17) is 10.5 Å². The number of carbonyl (C=O) groups is 3. The van der Waals surface area contributed by atoms with E-state index in [9.17, 15) is 14.4 Å². The van der Waals surface area contributed by atoms with Crippen molar-refractivity contribution >= 4 is 23.5 Å². The number of benzene rings is 2. The average Bonchev–Trinajstić information content (AvgIpc) is 2.65. The number of para-hydroxylation sites is 1. The van der Waals surface area contributed by atoms with Crippen molar-refractivity contribution in [2.24, 2.45) is 5.73 Å². The van der Waals surface area contributed by atoms with Gasteiger partial charge in [-0.2, -0.15) is 0 Å². The van der Waals surface area contributed by atoms with Gasteiger partial charge in [0, 0.05) is 0 Å². The second-order valence-corrected chi connectivity index (χ2v) is 8.28. The third-order valence-corrected chi connectivity index (χ3v) is 4.98. The minimum absolute atomic E-state index is 0.00514. The molecule has 2 aromatic rings. The fourth-order valence-corrected chi connectivity index (χ4v) is 3.52. The zero-order valence-electron chi connectivity index (χ0n) is 17.0. The smallest absolute Gasteiger partial charge is 0.330 e. The first-order valence-electron chi connectivity index (χ1n) is 9.62. The Balaban J connectivity index is 1.90. The molecule has 0 saturated carbocycles. The van der Waals surface area contributed by atoms with Crippen LogP contribution in [0.4, 0.5) is 5.69 Å². The maximum Gasteiger partial charge on any atom is 0.330 e. The van der Waals surface area contributed by atoms with Crippen molar-refractivity contribution in [3.63, 3.8) is 0 Å². The maximum absolute atomic E-state index is 12.7. The van der Waals surface area contributed by atoms with E-state index >= 15 is 0 Å². The molecule has 0 aromatic heterocycles. The van der Waals surface area contributed by atoms with Gasteiger partial charge in [-0.1, -0.05) is 69.3 Å². The van der Waals surface area contributed by atoms with Crippen molar-refractivity contribution in [1.29, 1.82) is 0 Å². The van der Waals surface area contributed by atoms with Crippen molar-refractivity contribution in [3.8, 4) is 0 Å². The summed E-state index contributed by atoms with van der Waals surface area (Å²) in [7, 11) is 0. The Kier molecular flexibility index (Phi) is 5.73. The number of nitrogens with zero attached hydrogens (tertiary/aromatic N) is 1. The van der Waals surface area contributed by atoms with E-state index in [0.717, 1.165) is 11.1 Å². The quantitative estimate of drug-likeness (QED) is 0.603. The molecule has 0 aliphatic carbocycles. The zero-order valence-corrected chi connectivity index (χ0v) is 17.0. The minimum Gasteiger partial charge on any atom is -0.459 e. The van der Waals surface area contributed by atoms with Crippen LogP contribution in [0.5, 0.6) is 0 Å². The first-order valence-corrected chi connectivity index (χ1v) is 9.62. The summed E-state index contributed by atoms with van der Waals surface area (Å²) in [6.07, 6.45) is 0.0803. The molecule has 0 bridgehead atoms. The van der Waals surface area contributed by atoms with E-state index < -0.39 is 17.9 Å². The molecule has 2 aromatic carbocycles. The second kappa shape index (κ2) is 8.07. The number of rotatable bonds is 6. The summed E-state index contributed by atoms with van der Waals surface area (Å²) in [6.45, 7) is 6.21. The SMILES string of the molecule is CC(C)(C)c1cccc(CC(N)=O)c1N1C(=O)C[C@H]1C(=O)OCc1ccccc1. The van der Waals surface area contributed by atoms with E-state index in [0.29, 0.717) is 11.3 Å². The number of amides is 2. The van der Waals surface area contributed by atoms with E-state index in [-0.39, 0.29) is 30.8 Å². The molecule has 1 heterocycles. The topological polar surface area (TPSA) is 89.7 Å². The largest absolute Gasteiger partial charge is 0.459 e. The molecular formula is C23H26N2O4. The van der Waals surface area contributed by atoms with Gasteiger partial charge in [0.2, 0.25) is 11.8 Å². The molecule has 29 heavy (non-hydrogen) atoms. The van der Waals surface area contributed by atoms with Gasteiger partial charge >= 0.3 is 5.97 Å². The van der Waals surface area contributed by atoms with Gasteiger partial charge in [0.15, 0.2) is 0 Å². The van der Waals surface area contributed by atoms with Crippen LogP contribution < -0.4 is 10.6 Å². The molecule has 1 aliphatic rings. The fourth-order valence-electron chi connectivity index (χ4n) is 3.52. The summed E-state index contributed by atoms with van der Waals surface area (Å²) in [5.41, 5.74) is 8.11. The molecule has 1 aliphatic heterocycles. The Bertz CT molecular complexity index is 932. The number of ether oxygens (including phenoxy) is 1. The van der Waals surface area contributed by atoms with Gasteiger partial charge in [-0.3, -0.25) is 14.5 Å². The Morgan fingerprint density at radius 2 is 1.79 bits per heavy atom. The molecule has 152 valence electrons. The Morgan fingerprint density at radius 1 is 1.10 bits per heavy atom. The molecule has 1 fully saturated rings. The lowest BCUT2D eigenvalue weighted by molar-refractivity contribution is -0.151. The van der Waals surface area contributed by atoms with Crippen molar-refractivity contribution in [2.45, 2.75) is 51.7 Å². The molecule has 0 spiro atoms. The zero-order chi connectivity index (χ0) is 21.2. The lowest BCUT2D eigenvalue weighted by Gasteiger charge is -2.42. The lowest BCUT2D eigenvalue weighted by atomic mass is 9.82. The standard InChI is InChI=1S/C23H26N2O4/c1-23(2,3)17-11-7-10-16(12-19(24)26)21(17)25-18(13-20(25)27)22(28)29-14-15-8-5-4-6-9-15/h4-11,18H,12-14H2,1-3H3,(H2,24,26)/t18-/m0/s1. The molecule has 1 saturated heterocycles. The predicted molar refractivity (Wildman–Crippen MR) is 110 cm³/mol. The number of carbonyl (C=O) groups excluding carboxylic acids is 3. The molecule has 0 unspecified atom stereocenters. The normalized spacial score (nSPS) is 16.3. The molecule has 2 amide bonds. The maximum atomic E-state index is 12.7. The highest BCUT2D eigenvalue weighted by Gasteiger charge is 2.45. The molecular weight excluding hydrogens is 368 g/mol. The van der Waals surface area contributed by atoms with Crippen LogP contribution in [0.2, 0.25) is 0 Å². The predicted octanol–water partition coefficient (Wildman–Crippen LogP) is 2.86. The van der Waals surface area contributed by atoms with Crippen LogP contribution in [0.3, 0.4) is 0 Å². The van der Waals surface area contributed by atoms with E-state index in [1.165, 1.54) is 4.90 Å². The Labute approximate surface area is 170 Å². The van der Waals surface area contributed by atoms with Crippen LogP contribution >= 0.6 is 0 Å². The monoisotopic (exact) mass is 394 g/mol. The summed E-state index contributed by atoms with van der Waals surface area (Å²) in [6, 6.07) is 14.2. The summed E-state index contributed by atoms with van der Waals surface area (Å²) < 4.78 is 5.45. The number of anilines is 1. The van der Waals surface area contributed by atoms with Gasteiger partial charge < -0.3 is 10.5 Å². The molecule has 2 N–H and O–H groups in total. The van der Waals surface area contributed by atoms with Gasteiger partial charge in [-0.15, -0.1) is 0 Å². The summed E-state index contributed by atoms with van der Waals surface area (Å²) in [5, 5.41) is 0. The van der Waals surface area contributed by atoms with E-state index in [2.05, 4.69) is 0 Å². The number of hydrogen-bond donors (Lipinski definition) is 1. The van der Waals surface area contributed by atoms with Gasteiger partial charge in [-0.25, -0.2) is 4.79 Å². The molecule has 0 radical (unpaired) electrons. The van der Waals surface area contributed by atoms with Gasteiger partial charge in [0.1, 0.15) is 12.6 Å². The highest BCUT2D eigenvalue weighted by atomic mass is 16.5. The van der Waals surface area contributed by atoms with Crippen molar-refractivity contribution in [2.75, 3.05) is 4.90 Å². The molecule has 1 atom stereocenters. The first kappa shape index (κ1) is 20.6. The molecule has 6 nitrogen and oxygen atoms in total. The van der Waals surface area contributed by atoms with Crippen molar-refractivity contribution in [3.05, 3.63) is 65.2 Å². The number of hydrogen-bond acceptors (Lipinski definition) is 4. The third kappa shape index (κ3) is 4.47.